The summed E-state index contributed by atoms with van der Waals surface area (Å²) in [5, 5.41) is 6.62. The van der Waals surface area contributed by atoms with Crippen molar-refractivity contribution >= 4 is 22.9 Å². The summed E-state index contributed by atoms with van der Waals surface area (Å²) >= 11 is 1.65. The van der Waals surface area contributed by atoms with Crippen molar-refractivity contribution in [3.63, 3.8) is 0 Å². The van der Waals surface area contributed by atoms with E-state index in [2.05, 4.69) is 30.0 Å². The van der Waals surface area contributed by atoms with Crippen LogP contribution in [0.15, 0.2) is 47.8 Å². The van der Waals surface area contributed by atoms with Crippen LogP contribution in [-0.2, 0) is 0 Å². The van der Waals surface area contributed by atoms with Gasteiger partial charge in [-0.05, 0) is 17.4 Å². The molecule has 5 nitrogen and oxygen atoms in total. The van der Waals surface area contributed by atoms with Crippen molar-refractivity contribution in [1.29, 1.82) is 0 Å². The summed E-state index contributed by atoms with van der Waals surface area (Å²) in [5.74, 6) is 2.00. The lowest BCUT2D eigenvalue weighted by Gasteiger charge is -2.13. The van der Waals surface area contributed by atoms with Gasteiger partial charge in [-0.1, -0.05) is 50.2 Å². The van der Waals surface area contributed by atoms with Crippen LogP contribution in [0.25, 0.3) is 27.6 Å². The summed E-state index contributed by atoms with van der Waals surface area (Å²) in [6.45, 7) is 4.23. The molecule has 0 saturated heterocycles. The monoisotopic (exact) mass is 335 g/mol. The molecule has 3 heterocycles. The molecule has 0 amide bonds. The van der Waals surface area contributed by atoms with Gasteiger partial charge in [0.15, 0.2) is 5.82 Å². The Morgan fingerprint density at radius 3 is 2.50 bits per heavy atom. The lowest BCUT2D eigenvalue weighted by atomic mass is 10.0. The maximum absolute atomic E-state index is 6.47. The molecule has 24 heavy (non-hydrogen) atoms. The maximum atomic E-state index is 6.47. The van der Waals surface area contributed by atoms with E-state index in [1.54, 1.807) is 15.9 Å². The SMILES string of the molecule is CC(C)c1nc2nc(-c3ccccc3)nn2c(N)c1-c1cccs1. The topological polar surface area (TPSA) is 69.1 Å². The number of nitrogen functional groups attached to an aromatic ring is 1. The van der Waals surface area contributed by atoms with Gasteiger partial charge in [0.25, 0.3) is 5.78 Å². The van der Waals surface area contributed by atoms with Gasteiger partial charge in [-0.25, -0.2) is 4.98 Å². The van der Waals surface area contributed by atoms with Gasteiger partial charge >= 0.3 is 0 Å². The molecule has 0 aliphatic rings. The number of fused-ring (bicyclic) bond motifs is 1. The fourth-order valence-electron chi connectivity index (χ4n) is 2.74. The van der Waals surface area contributed by atoms with Crippen molar-refractivity contribution in [2.45, 2.75) is 19.8 Å². The molecule has 0 aliphatic carbocycles. The number of anilines is 1. The van der Waals surface area contributed by atoms with Crippen molar-refractivity contribution in [1.82, 2.24) is 19.6 Å². The van der Waals surface area contributed by atoms with Crippen LogP contribution in [0, 0.1) is 0 Å². The van der Waals surface area contributed by atoms with Crippen LogP contribution in [0.4, 0.5) is 5.82 Å². The molecule has 4 aromatic rings. The first kappa shape index (κ1) is 14.8. The molecule has 4 rings (SSSR count). The fourth-order valence-corrected chi connectivity index (χ4v) is 3.53. The van der Waals surface area contributed by atoms with Gasteiger partial charge in [0, 0.05) is 10.4 Å². The van der Waals surface area contributed by atoms with E-state index in [-0.39, 0.29) is 5.92 Å². The first-order valence-electron chi connectivity index (χ1n) is 7.80. The highest BCUT2D eigenvalue weighted by molar-refractivity contribution is 7.13. The van der Waals surface area contributed by atoms with Gasteiger partial charge in [0.05, 0.1) is 11.3 Å². The lowest BCUT2D eigenvalue weighted by molar-refractivity contribution is 0.814. The van der Waals surface area contributed by atoms with E-state index in [1.165, 1.54) is 0 Å². The van der Waals surface area contributed by atoms with Crippen molar-refractivity contribution in [2.75, 3.05) is 5.73 Å². The van der Waals surface area contributed by atoms with E-state index in [0.717, 1.165) is 21.7 Å². The molecule has 2 N–H and O–H groups in total. The Balaban J connectivity index is 1.99. The molecule has 1 aromatic carbocycles. The number of hydrogen-bond donors (Lipinski definition) is 1. The molecule has 0 atom stereocenters. The van der Waals surface area contributed by atoms with E-state index in [4.69, 9.17) is 10.7 Å². The third-order valence-electron chi connectivity index (χ3n) is 3.90. The maximum Gasteiger partial charge on any atom is 0.254 e. The van der Waals surface area contributed by atoms with Gasteiger partial charge < -0.3 is 5.73 Å². The van der Waals surface area contributed by atoms with Crippen LogP contribution < -0.4 is 5.73 Å². The van der Waals surface area contributed by atoms with E-state index >= 15 is 0 Å². The fraction of sp³-hybridized carbons (Fsp3) is 0.167. The number of aromatic nitrogens is 4. The minimum absolute atomic E-state index is 0.242. The number of benzene rings is 1. The summed E-state index contributed by atoms with van der Waals surface area (Å²) < 4.78 is 1.64. The highest BCUT2D eigenvalue weighted by atomic mass is 32.1. The number of rotatable bonds is 3. The van der Waals surface area contributed by atoms with Crippen LogP contribution in [0.2, 0.25) is 0 Å². The van der Waals surface area contributed by atoms with Gasteiger partial charge in [-0.2, -0.15) is 9.50 Å². The van der Waals surface area contributed by atoms with Crippen molar-refractivity contribution in [3.8, 4) is 21.8 Å². The van der Waals surface area contributed by atoms with E-state index < -0.39 is 0 Å². The predicted octanol–water partition coefficient (Wildman–Crippen LogP) is 4.23. The molecule has 0 unspecified atom stereocenters. The highest BCUT2D eigenvalue weighted by Crippen LogP contribution is 2.36. The molecular weight excluding hydrogens is 318 g/mol. The largest absolute Gasteiger partial charge is 0.383 e. The van der Waals surface area contributed by atoms with Crippen molar-refractivity contribution in [2.24, 2.45) is 0 Å². The zero-order valence-electron chi connectivity index (χ0n) is 13.5. The zero-order valence-corrected chi connectivity index (χ0v) is 14.3. The minimum atomic E-state index is 0.242. The van der Waals surface area contributed by atoms with Crippen LogP contribution in [0.5, 0.6) is 0 Å². The second-order valence-corrected chi connectivity index (χ2v) is 6.85. The van der Waals surface area contributed by atoms with Gasteiger partial charge in [0.2, 0.25) is 0 Å². The van der Waals surface area contributed by atoms with Gasteiger partial charge in [0.1, 0.15) is 5.82 Å². The Morgan fingerprint density at radius 2 is 1.83 bits per heavy atom. The number of hydrogen-bond acceptors (Lipinski definition) is 5. The van der Waals surface area contributed by atoms with Crippen LogP contribution in [0.3, 0.4) is 0 Å². The average Bonchev–Trinajstić information content (AvgIpc) is 3.25. The first-order chi connectivity index (χ1) is 11.6. The van der Waals surface area contributed by atoms with Crippen LogP contribution in [-0.4, -0.2) is 19.6 Å². The Hall–Kier alpha value is -2.73. The van der Waals surface area contributed by atoms with Crippen LogP contribution in [0.1, 0.15) is 25.5 Å². The lowest BCUT2D eigenvalue weighted by Crippen LogP contribution is -2.08. The average molecular weight is 335 g/mol. The molecule has 0 radical (unpaired) electrons. The third kappa shape index (κ3) is 2.35. The molecule has 0 bridgehead atoms. The van der Waals surface area contributed by atoms with Crippen molar-refractivity contribution in [3.05, 3.63) is 53.5 Å². The summed E-state index contributed by atoms with van der Waals surface area (Å²) in [4.78, 5) is 10.4. The second kappa shape index (κ2) is 5.72. The van der Waals surface area contributed by atoms with E-state index in [1.807, 2.05) is 41.8 Å². The van der Waals surface area contributed by atoms with Crippen molar-refractivity contribution < 1.29 is 0 Å². The molecule has 120 valence electrons. The van der Waals surface area contributed by atoms with Gasteiger partial charge in [-0.3, -0.25) is 0 Å². The first-order valence-corrected chi connectivity index (χ1v) is 8.68. The third-order valence-corrected chi connectivity index (χ3v) is 4.78. The smallest absolute Gasteiger partial charge is 0.254 e. The summed E-state index contributed by atoms with van der Waals surface area (Å²) in [6, 6.07) is 13.9. The molecule has 0 aliphatic heterocycles. The normalized spacial score (nSPS) is 11.5. The number of nitrogens with two attached hydrogens (primary N) is 1. The Morgan fingerprint density at radius 1 is 1.04 bits per heavy atom. The molecule has 0 fully saturated rings. The molecule has 6 heteroatoms. The Kier molecular flexibility index (Phi) is 3.54. The minimum Gasteiger partial charge on any atom is -0.383 e. The number of nitrogens with zero attached hydrogens (tertiary/aromatic N) is 4. The summed E-state index contributed by atoms with van der Waals surface area (Å²) in [7, 11) is 0. The zero-order chi connectivity index (χ0) is 16.7. The molecule has 0 spiro atoms. The molecule has 3 aromatic heterocycles. The van der Waals surface area contributed by atoms with Crippen LogP contribution >= 0.6 is 11.3 Å². The predicted molar refractivity (Wildman–Crippen MR) is 98.0 cm³/mol. The standard InChI is InChI=1S/C18H17N5S/c1-11(2)15-14(13-9-6-10-24-13)16(19)23-18(20-15)21-17(22-23)12-7-4-3-5-8-12/h3-11H,19H2,1-2H3. The molecular formula is C18H17N5S. The Bertz CT molecular complexity index is 987. The summed E-state index contributed by atoms with van der Waals surface area (Å²) in [6.07, 6.45) is 0. The van der Waals surface area contributed by atoms with E-state index in [0.29, 0.717) is 17.4 Å². The quantitative estimate of drug-likeness (QED) is 0.608. The van der Waals surface area contributed by atoms with Gasteiger partial charge in [-0.15, -0.1) is 16.4 Å². The number of thiophene rings is 1. The summed E-state index contributed by atoms with van der Waals surface area (Å²) in [5.41, 5.74) is 9.33. The second-order valence-electron chi connectivity index (χ2n) is 5.90. The Labute approximate surface area is 143 Å². The van der Waals surface area contributed by atoms with E-state index in [9.17, 15) is 0 Å². The highest BCUT2D eigenvalue weighted by Gasteiger charge is 2.20. The molecule has 0 saturated carbocycles.